The summed E-state index contributed by atoms with van der Waals surface area (Å²) in [5.74, 6) is 0.603. The number of hydrogen-bond donors (Lipinski definition) is 0. The van der Waals surface area contributed by atoms with Crippen LogP contribution in [0.15, 0.2) is 12.1 Å². The van der Waals surface area contributed by atoms with E-state index in [0.29, 0.717) is 22.9 Å². The predicted octanol–water partition coefficient (Wildman–Crippen LogP) is 2.95. The average Bonchev–Trinajstić information content (AvgIpc) is 2.40. The summed E-state index contributed by atoms with van der Waals surface area (Å²) in [5.41, 5.74) is 1.44. The Balaban J connectivity index is 2.15. The molecular formula is C16H22ClNO3. The number of morpholine rings is 1. The standard InChI is InChI=1S/C16H22ClNO3/c1-10-5-16(20-4)13(6-14(10)17)15(19)9-18-7-11(2)21-12(3)8-18/h5-6,11-12H,7-9H2,1-4H3. The number of carbonyl (C=O) groups excluding carboxylic acids is 1. The van der Waals surface area contributed by atoms with Gasteiger partial charge < -0.3 is 9.47 Å². The van der Waals surface area contributed by atoms with Crippen molar-refractivity contribution in [2.24, 2.45) is 0 Å². The molecule has 0 amide bonds. The number of Topliss-reactive ketones (excluding diaryl/α,β-unsaturated/α-hetero) is 1. The summed E-state index contributed by atoms with van der Waals surface area (Å²) in [6, 6.07) is 3.51. The lowest BCUT2D eigenvalue weighted by Gasteiger charge is -2.34. The molecule has 5 heteroatoms. The molecule has 0 saturated carbocycles. The lowest BCUT2D eigenvalue weighted by atomic mass is 10.1. The maximum Gasteiger partial charge on any atom is 0.180 e. The highest BCUT2D eigenvalue weighted by Crippen LogP contribution is 2.27. The number of nitrogens with zero attached hydrogens (tertiary/aromatic N) is 1. The Morgan fingerprint density at radius 1 is 1.38 bits per heavy atom. The minimum Gasteiger partial charge on any atom is -0.496 e. The van der Waals surface area contributed by atoms with Gasteiger partial charge in [-0.05, 0) is 38.5 Å². The number of carbonyl (C=O) groups is 1. The van der Waals surface area contributed by atoms with E-state index < -0.39 is 0 Å². The summed E-state index contributed by atoms with van der Waals surface area (Å²) in [7, 11) is 1.57. The van der Waals surface area contributed by atoms with Gasteiger partial charge in [0.15, 0.2) is 5.78 Å². The molecule has 1 heterocycles. The van der Waals surface area contributed by atoms with Crippen LogP contribution in [-0.2, 0) is 4.74 Å². The summed E-state index contributed by atoms with van der Waals surface area (Å²) in [4.78, 5) is 14.7. The van der Waals surface area contributed by atoms with Gasteiger partial charge in [0, 0.05) is 18.1 Å². The fourth-order valence-electron chi connectivity index (χ4n) is 2.74. The van der Waals surface area contributed by atoms with E-state index in [1.54, 1.807) is 19.2 Å². The van der Waals surface area contributed by atoms with Crippen molar-refractivity contribution in [2.45, 2.75) is 33.0 Å². The van der Waals surface area contributed by atoms with E-state index in [4.69, 9.17) is 21.1 Å². The van der Waals surface area contributed by atoms with E-state index in [1.807, 2.05) is 20.8 Å². The highest BCUT2D eigenvalue weighted by molar-refractivity contribution is 6.31. The van der Waals surface area contributed by atoms with E-state index in [1.165, 1.54) is 0 Å². The van der Waals surface area contributed by atoms with Crippen LogP contribution in [-0.4, -0.2) is 49.6 Å². The fourth-order valence-corrected chi connectivity index (χ4v) is 2.91. The third-order valence-corrected chi connectivity index (χ3v) is 4.05. The quantitative estimate of drug-likeness (QED) is 0.801. The highest BCUT2D eigenvalue weighted by Gasteiger charge is 2.25. The van der Waals surface area contributed by atoms with E-state index in [9.17, 15) is 4.79 Å². The van der Waals surface area contributed by atoms with E-state index >= 15 is 0 Å². The Hall–Kier alpha value is -1.10. The number of hydrogen-bond acceptors (Lipinski definition) is 4. The number of ketones is 1. The van der Waals surface area contributed by atoms with Gasteiger partial charge in [-0.25, -0.2) is 0 Å². The van der Waals surface area contributed by atoms with Crippen LogP contribution in [0.3, 0.4) is 0 Å². The molecule has 0 N–H and O–H groups in total. The molecule has 0 spiro atoms. The molecule has 1 fully saturated rings. The molecule has 0 aliphatic carbocycles. The number of aryl methyl sites for hydroxylation is 1. The van der Waals surface area contributed by atoms with Gasteiger partial charge in [0.2, 0.25) is 0 Å². The molecule has 1 aliphatic heterocycles. The topological polar surface area (TPSA) is 38.8 Å². The zero-order valence-corrected chi connectivity index (χ0v) is 13.7. The largest absolute Gasteiger partial charge is 0.496 e. The molecule has 1 aromatic carbocycles. The smallest absolute Gasteiger partial charge is 0.180 e. The number of methoxy groups -OCH3 is 1. The minimum absolute atomic E-state index is 0.0232. The van der Waals surface area contributed by atoms with Crippen LogP contribution in [0, 0.1) is 6.92 Å². The van der Waals surface area contributed by atoms with Crippen molar-refractivity contribution in [3.63, 3.8) is 0 Å². The van der Waals surface area contributed by atoms with Crippen molar-refractivity contribution >= 4 is 17.4 Å². The third-order valence-electron chi connectivity index (χ3n) is 3.64. The first kappa shape index (κ1) is 16.3. The minimum atomic E-state index is 0.0232. The molecule has 1 saturated heterocycles. The Bertz CT molecular complexity index is 522. The Labute approximate surface area is 131 Å². The van der Waals surface area contributed by atoms with Crippen LogP contribution in [0.2, 0.25) is 5.02 Å². The molecule has 4 nitrogen and oxygen atoms in total. The Morgan fingerprint density at radius 2 is 2.00 bits per heavy atom. The number of benzene rings is 1. The highest BCUT2D eigenvalue weighted by atomic mass is 35.5. The predicted molar refractivity (Wildman–Crippen MR) is 83.5 cm³/mol. The normalized spacial score (nSPS) is 23.1. The molecular weight excluding hydrogens is 290 g/mol. The molecule has 1 aromatic rings. The van der Waals surface area contributed by atoms with Crippen LogP contribution in [0.4, 0.5) is 0 Å². The molecule has 0 bridgehead atoms. The number of rotatable bonds is 4. The lowest BCUT2D eigenvalue weighted by Crippen LogP contribution is -2.47. The zero-order valence-electron chi connectivity index (χ0n) is 13.0. The number of ether oxygens (including phenoxy) is 2. The van der Waals surface area contributed by atoms with E-state index in [0.717, 1.165) is 18.7 Å². The van der Waals surface area contributed by atoms with E-state index in [2.05, 4.69) is 4.90 Å². The van der Waals surface area contributed by atoms with Gasteiger partial charge in [-0.3, -0.25) is 9.69 Å². The van der Waals surface area contributed by atoms with Gasteiger partial charge in [0.05, 0.1) is 31.4 Å². The molecule has 0 radical (unpaired) electrons. The summed E-state index contributed by atoms with van der Waals surface area (Å²) in [5, 5.41) is 0.586. The molecule has 0 aromatic heterocycles. The SMILES string of the molecule is COc1cc(C)c(Cl)cc1C(=O)CN1CC(C)OC(C)C1. The van der Waals surface area contributed by atoms with Crippen molar-refractivity contribution in [1.82, 2.24) is 4.90 Å². The second-order valence-electron chi connectivity index (χ2n) is 5.68. The van der Waals surface area contributed by atoms with Crippen LogP contribution < -0.4 is 4.74 Å². The van der Waals surface area contributed by atoms with Crippen LogP contribution in [0.1, 0.15) is 29.8 Å². The first-order valence-electron chi connectivity index (χ1n) is 7.16. The van der Waals surface area contributed by atoms with Crippen LogP contribution in [0.5, 0.6) is 5.75 Å². The number of halogens is 1. The molecule has 2 atom stereocenters. The van der Waals surface area contributed by atoms with Crippen LogP contribution >= 0.6 is 11.6 Å². The molecule has 116 valence electrons. The summed E-state index contributed by atoms with van der Waals surface area (Å²) in [6.07, 6.45) is 0.287. The molecule has 21 heavy (non-hydrogen) atoms. The summed E-state index contributed by atoms with van der Waals surface area (Å²) in [6.45, 7) is 7.82. The van der Waals surface area contributed by atoms with Crippen molar-refractivity contribution in [3.05, 3.63) is 28.3 Å². The van der Waals surface area contributed by atoms with Crippen molar-refractivity contribution < 1.29 is 14.3 Å². The van der Waals surface area contributed by atoms with Gasteiger partial charge in [-0.2, -0.15) is 0 Å². The second-order valence-corrected chi connectivity index (χ2v) is 6.08. The fraction of sp³-hybridized carbons (Fsp3) is 0.562. The van der Waals surface area contributed by atoms with Crippen molar-refractivity contribution in [1.29, 1.82) is 0 Å². The Kier molecular flexibility index (Phi) is 5.25. The van der Waals surface area contributed by atoms with Crippen LogP contribution in [0.25, 0.3) is 0 Å². The van der Waals surface area contributed by atoms with Crippen molar-refractivity contribution in [3.8, 4) is 5.75 Å². The third kappa shape index (κ3) is 3.96. The van der Waals surface area contributed by atoms with Gasteiger partial charge in [-0.1, -0.05) is 11.6 Å². The van der Waals surface area contributed by atoms with Gasteiger partial charge in [0.25, 0.3) is 0 Å². The van der Waals surface area contributed by atoms with E-state index in [-0.39, 0.29) is 18.0 Å². The average molecular weight is 312 g/mol. The molecule has 2 unspecified atom stereocenters. The zero-order chi connectivity index (χ0) is 15.6. The monoisotopic (exact) mass is 311 g/mol. The first-order valence-corrected chi connectivity index (χ1v) is 7.53. The van der Waals surface area contributed by atoms with Gasteiger partial charge in [0.1, 0.15) is 5.75 Å². The summed E-state index contributed by atoms with van der Waals surface area (Å²) < 4.78 is 11.0. The maximum atomic E-state index is 12.5. The Morgan fingerprint density at radius 3 is 2.57 bits per heavy atom. The van der Waals surface area contributed by atoms with Gasteiger partial charge in [-0.15, -0.1) is 0 Å². The second kappa shape index (κ2) is 6.77. The molecule has 1 aliphatic rings. The maximum absolute atomic E-state index is 12.5. The summed E-state index contributed by atoms with van der Waals surface area (Å²) >= 11 is 6.13. The first-order chi connectivity index (χ1) is 9.90. The lowest BCUT2D eigenvalue weighted by molar-refractivity contribution is -0.0652. The molecule has 2 rings (SSSR count). The van der Waals surface area contributed by atoms with Crippen molar-refractivity contribution in [2.75, 3.05) is 26.7 Å². The van der Waals surface area contributed by atoms with Gasteiger partial charge >= 0.3 is 0 Å².